The minimum absolute atomic E-state index is 0.223. The zero-order chi connectivity index (χ0) is 20.1. The van der Waals surface area contributed by atoms with E-state index in [1.54, 1.807) is 0 Å². The highest BCUT2D eigenvalue weighted by Gasteiger charge is 2.21. The van der Waals surface area contributed by atoms with E-state index in [-0.39, 0.29) is 6.61 Å². The molecule has 0 aliphatic carbocycles. The number of ether oxygens (including phenoxy) is 5. The Kier molecular flexibility index (Phi) is 10.4. The normalized spacial score (nSPS) is 16.1. The first kappa shape index (κ1) is 22.3. The number of methoxy groups -OCH3 is 2. The molecule has 0 radical (unpaired) electrons. The van der Waals surface area contributed by atoms with Crippen molar-refractivity contribution in [1.82, 2.24) is 4.90 Å². The van der Waals surface area contributed by atoms with E-state index in [1.807, 2.05) is 4.90 Å². The molecule has 1 rings (SSSR count). The lowest BCUT2D eigenvalue weighted by molar-refractivity contribution is -0.154. The van der Waals surface area contributed by atoms with Gasteiger partial charge in [-0.25, -0.2) is 19.2 Å². The number of nitrogens with zero attached hydrogens (tertiary/aromatic N) is 1. The van der Waals surface area contributed by atoms with E-state index < -0.39 is 30.0 Å². The van der Waals surface area contributed by atoms with Crippen molar-refractivity contribution in [3.8, 4) is 0 Å². The number of morpholine rings is 1. The Hall–Kier alpha value is -2.72. The Morgan fingerprint density at radius 3 is 1.96 bits per heavy atom. The molecule has 1 heterocycles. The highest BCUT2D eigenvalue weighted by molar-refractivity contribution is 5.92. The van der Waals surface area contributed by atoms with E-state index in [9.17, 15) is 19.2 Å². The predicted octanol–water partition coefficient (Wildman–Crippen LogP) is -0.768. The van der Waals surface area contributed by atoms with E-state index in [0.717, 1.165) is 24.3 Å². The molecule has 0 amide bonds. The summed E-state index contributed by atoms with van der Waals surface area (Å²) in [4.78, 5) is 47.5. The van der Waals surface area contributed by atoms with Crippen LogP contribution in [0.1, 0.15) is 0 Å². The second-order valence-electron chi connectivity index (χ2n) is 5.31. The Morgan fingerprint density at radius 2 is 1.41 bits per heavy atom. The van der Waals surface area contributed by atoms with E-state index in [0.29, 0.717) is 32.8 Å². The van der Waals surface area contributed by atoms with Crippen LogP contribution in [-0.2, 0) is 42.9 Å². The molecular formula is C17H23NO9. The largest absolute Gasteiger partial charge is 0.466 e. The maximum atomic E-state index is 11.8. The molecule has 0 N–H and O–H groups in total. The zero-order valence-electron chi connectivity index (χ0n) is 15.3. The standard InChI is InChI=1S/C17H23NO9/c1-23-14(19)3-5-16(21)26-12-13(11-18-7-9-25-10-8-18)27-17(22)6-4-15(20)24-2/h3-6,13H,7-12H2,1-2H3/b5-3+,6-4+. The van der Waals surface area contributed by atoms with Gasteiger partial charge in [-0.3, -0.25) is 4.90 Å². The van der Waals surface area contributed by atoms with Gasteiger partial charge in [-0.15, -0.1) is 0 Å². The van der Waals surface area contributed by atoms with Gasteiger partial charge in [0, 0.05) is 43.9 Å². The molecular weight excluding hydrogens is 362 g/mol. The molecule has 150 valence electrons. The third kappa shape index (κ3) is 10.1. The number of hydrogen-bond donors (Lipinski definition) is 0. The van der Waals surface area contributed by atoms with Crippen LogP contribution < -0.4 is 0 Å². The molecule has 0 spiro atoms. The summed E-state index contributed by atoms with van der Waals surface area (Å²) in [6.07, 6.45) is 2.92. The third-order valence-corrected chi connectivity index (χ3v) is 3.37. The maximum absolute atomic E-state index is 11.8. The Bertz CT molecular complexity index is 579. The second kappa shape index (κ2) is 12.6. The molecule has 10 nitrogen and oxygen atoms in total. The predicted molar refractivity (Wildman–Crippen MR) is 90.4 cm³/mol. The zero-order valence-corrected chi connectivity index (χ0v) is 15.3. The van der Waals surface area contributed by atoms with Gasteiger partial charge in [0.15, 0.2) is 0 Å². The van der Waals surface area contributed by atoms with Gasteiger partial charge in [0.25, 0.3) is 0 Å². The van der Waals surface area contributed by atoms with Gasteiger partial charge in [-0.1, -0.05) is 0 Å². The lowest BCUT2D eigenvalue weighted by Crippen LogP contribution is -2.43. The topological polar surface area (TPSA) is 118 Å². The molecule has 1 aliphatic heterocycles. The van der Waals surface area contributed by atoms with Crippen molar-refractivity contribution in [3.05, 3.63) is 24.3 Å². The summed E-state index contributed by atoms with van der Waals surface area (Å²) in [5, 5.41) is 0. The van der Waals surface area contributed by atoms with Gasteiger partial charge in [0.1, 0.15) is 12.7 Å². The Balaban J connectivity index is 2.60. The highest BCUT2D eigenvalue weighted by Crippen LogP contribution is 2.04. The number of esters is 4. The fourth-order valence-electron chi connectivity index (χ4n) is 2.03. The van der Waals surface area contributed by atoms with Crippen molar-refractivity contribution in [1.29, 1.82) is 0 Å². The van der Waals surface area contributed by atoms with Crippen molar-refractivity contribution in [3.63, 3.8) is 0 Å². The first-order valence-corrected chi connectivity index (χ1v) is 8.14. The van der Waals surface area contributed by atoms with E-state index in [4.69, 9.17) is 14.2 Å². The maximum Gasteiger partial charge on any atom is 0.331 e. The third-order valence-electron chi connectivity index (χ3n) is 3.37. The molecule has 0 bridgehead atoms. The summed E-state index contributed by atoms with van der Waals surface area (Å²) in [6.45, 7) is 2.47. The van der Waals surface area contributed by atoms with Crippen LogP contribution in [0, 0.1) is 0 Å². The van der Waals surface area contributed by atoms with Gasteiger partial charge in [-0.2, -0.15) is 0 Å². The summed E-state index contributed by atoms with van der Waals surface area (Å²) in [5.74, 6) is -2.96. The quantitative estimate of drug-likeness (QED) is 0.284. The minimum Gasteiger partial charge on any atom is -0.466 e. The van der Waals surface area contributed by atoms with Crippen LogP contribution in [0.4, 0.5) is 0 Å². The van der Waals surface area contributed by atoms with Gasteiger partial charge in [-0.05, 0) is 0 Å². The fourth-order valence-corrected chi connectivity index (χ4v) is 2.03. The molecule has 27 heavy (non-hydrogen) atoms. The number of rotatable bonds is 9. The molecule has 0 aromatic carbocycles. The van der Waals surface area contributed by atoms with E-state index >= 15 is 0 Å². The van der Waals surface area contributed by atoms with Crippen LogP contribution >= 0.6 is 0 Å². The van der Waals surface area contributed by atoms with Crippen LogP contribution in [0.15, 0.2) is 24.3 Å². The summed E-state index contributed by atoms with van der Waals surface area (Å²) in [7, 11) is 2.36. The first-order chi connectivity index (χ1) is 12.9. The lowest BCUT2D eigenvalue weighted by Gasteiger charge is -2.29. The molecule has 1 unspecified atom stereocenters. The number of hydrogen-bond acceptors (Lipinski definition) is 10. The number of carbonyl (C=O) groups is 4. The molecule has 0 saturated carbocycles. The highest BCUT2D eigenvalue weighted by atomic mass is 16.6. The molecule has 1 atom stereocenters. The van der Waals surface area contributed by atoms with Crippen LogP contribution in [-0.4, -0.2) is 88.6 Å². The average molecular weight is 385 g/mol. The summed E-state index contributed by atoms with van der Waals surface area (Å²) >= 11 is 0. The smallest absolute Gasteiger partial charge is 0.331 e. The summed E-state index contributed by atoms with van der Waals surface area (Å²) in [5.41, 5.74) is 0. The fraction of sp³-hybridized carbons (Fsp3) is 0.529. The summed E-state index contributed by atoms with van der Waals surface area (Å²) < 4.78 is 24.3. The molecule has 0 aromatic heterocycles. The monoisotopic (exact) mass is 385 g/mol. The minimum atomic E-state index is -0.784. The molecule has 0 aromatic rings. The van der Waals surface area contributed by atoms with Crippen LogP contribution in [0.2, 0.25) is 0 Å². The van der Waals surface area contributed by atoms with E-state index in [2.05, 4.69) is 9.47 Å². The van der Waals surface area contributed by atoms with Crippen LogP contribution in [0.3, 0.4) is 0 Å². The Morgan fingerprint density at radius 1 is 0.889 bits per heavy atom. The molecule has 1 saturated heterocycles. The first-order valence-electron chi connectivity index (χ1n) is 8.14. The van der Waals surface area contributed by atoms with Crippen molar-refractivity contribution in [2.24, 2.45) is 0 Å². The van der Waals surface area contributed by atoms with Crippen LogP contribution in [0.25, 0.3) is 0 Å². The second-order valence-corrected chi connectivity index (χ2v) is 5.31. The lowest BCUT2D eigenvalue weighted by atomic mass is 10.3. The van der Waals surface area contributed by atoms with Crippen molar-refractivity contribution in [2.45, 2.75) is 6.10 Å². The van der Waals surface area contributed by atoms with Gasteiger partial charge >= 0.3 is 23.9 Å². The molecule has 1 fully saturated rings. The van der Waals surface area contributed by atoms with Gasteiger partial charge in [0.05, 0.1) is 27.4 Å². The van der Waals surface area contributed by atoms with Gasteiger partial charge < -0.3 is 23.7 Å². The molecule has 1 aliphatic rings. The SMILES string of the molecule is COC(=O)/C=C/C(=O)OCC(CN1CCOCC1)OC(=O)/C=C/C(=O)OC. The number of carbonyl (C=O) groups excluding carboxylic acids is 4. The van der Waals surface area contributed by atoms with Crippen LogP contribution in [0.5, 0.6) is 0 Å². The van der Waals surface area contributed by atoms with Gasteiger partial charge in [0.2, 0.25) is 0 Å². The summed E-state index contributed by atoms with van der Waals surface area (Å²) in [6, 6.07) is 0. The average Bonchev–Trinajstić information content (AvgIpc) is 2.68. The Labute approximate surface area is 156 Å². The van der Waals surface area contributed by atoms with Crippen molar-refractivity contribution in [2.75, 3.05) is 53.7 Å². The van der Waals surface area contributed by atoms with Crippen molar-refractivity contribution >= 4 is 23.9 Å². The van der Waals surface area contributed by atoms with E-state index in [1.165, 1.54) is 14.2 Å². The van der Waals surface area contributed by atoms with Crippen molar-refractivity contribution < 1.29 is 42.9 Å². The molecule has 10 heteroatoms.